The molecule has 5 nitrogen and oxygen atoms in total. The minimum atomic E-state index is -0.407. The molecule has 2 N–H and O–H groups in total. The number of non-ortho nitro benzene ring substituents is 1. The monoisotopic (exact) mass is 217 g/mol. The van der Waals surface area contributed by atoms with Crippen LogP contribution in [-0.4, -0.2) is 9.91 Å². The van der Waals surface area contributed by atoms with E-state index in [2.05, 4.69) is 10.3 Å². The second kappa shape index (κ2) is 4.48. The number of H-pyrrole nitrogens is 1. The first-order chi connectivity index (χ1) is 7.75. The van der Waals surface area contributed by atoms with Gasteiger partial charge in [0.1, 0.15) is 0 Å². The largest absolute Gasteiger partial charge is 0.381 e. The summed E-state index contributed by atoms with van der Waals surface area (Å²) in [5.74, 6) is 0. The van der Waals surface area contributed by atoms with Gasteiger partial charge in [0.25, 0.3) is 5.69 Å². The normalized spacial score (nSPS) is 10.0. The molecule has 0 radical (unpaired) electrons. The van der Waals surface area contributed by atoms with Gasteiger partial charge in [-0.15, -0.1) is 0 Å². The molecule has 0 aliphatic heterocycles. The van der Waals surface area contributed by atoms with Gasteiger partial charge in [0, 0.05) is 36.8 Å². The highest BCUT2D eigenvalue weighted by atomic mass is 16.6. The molecule has 5 heteroatoms. The molecule has 0 aliphatic carbocycles. The summed E-state index contributed by atoms with van der Waals surface area (Å²) in [5.41, 5.74) is 2.11. The maximum atomic E-state index is 10.4. The molecule has 1 aromatic heterocycles. The third-order valence-electron chi connectivity index (χ3n) is 2.24. The zero-order valence-corrected chi connectivity index (χ0v) is 8.51. The fourth-order valence-corrected chi connectivity index (χ4v) is 1.37. The van der Waals surface area contributed by atoms with Crippen molar-refractivity contribution in [2.45, 2.75) is 6.54 Å². The number of nitrogens with one attached hydrogen (secondary N) is 2. The molecule has 1 heterocycles. The fraction of sp³-hybridized carbons (Fsp3) is 0.0909. The van der Waals surface area contributed by atoms with Crippen molar-refractivity contribution in [3.05, 3.63) is 58.4 Å². The molecule has 0 unspecified atom stereocenters. The van der Waals surface area contributed by atoms with Gasteiger partial charge in [0.15, 0.2) is 0 Å². The fourth-order valence-electron chi connectivity index (χ4n) is 1.37. The number of nitro groups is 1. The van der Waals surface area contributed by atoms with Gasteiger partial charge < -0.3 is 10.3 Å². The van der Waals surface area contributed by atoms with Gasteiger partial charge >= 0.3 is 0 Å². The average molecular weight is 217 g/mol. The van der Waals surface area contributed by atoms with Crippen LogP contribution in [0.2, 0.25) is 0 Å². The zero-order chi connectivity index (χ0) is 11.4. The summed E-state index contributed by atoms with van der Waals surface area (Å²) < 4.78 is 0. The molecule has 0 bridgehead atoms. The van der Waals surface area contributed by atoms with Gasteiger partial charge in [-0.05, 0) is 23.8 Å². The van der Waals surface area contributed by atoms with Crippen molar-refractivity contribution in [3.8, 4) is 0 Å². The Kier molecular flexibility index (Phi) is 2.86. The lowest BCUT2D eigenvalue weighted by molar-refractivity contribution is -0.384. The Hall–Kier alpha value is -2.30. The van der Waals surface area contributed by atoms with E-state index < -0.39 is 4.92 Å². The molecule has 0 spiro atoms. The predicted octanol–water partition coefficient (Wildman–Crippen LogP) is 2.54. The number of rotatable bonds is 4. The Labute approximate surface area is 92.3 Å². The lowest BCUT2D eigenvalue weighted by Crippen LogP contribution is -1.98. The summed E-state index contributed by atoms with van der Waals surface area (Å²) in [7, 11) is 0. The van der Waals surface area contributed by atoms with Crippen molar-refractivity contribution in [2.75, 3.05) is 5.32 Å². The van der Waals surface area contributed by atoms with Crippen LogP contribution in [0.5, 0.6) is 0 Å². The standard InChI is InChI=1S/C11H11N3O2/c15-14(16)11-3-1-10(2-4-11)13-8-9-5-6-12-7-9/h1-7,12-13H,8H2. The molecule has 0 aliphatic rings. The summed E-state index contributed by atoms with van der Waals surface area (Å²) >= 11 is 0. The number of hydrogen-bond acceptors (Lipinski definition) is 3. The Balaban J connectivity index is 1.98. The summed E-state index contributed by atoms with van der Waals surface area (Å²) in [6.45, 7) is 0.696. The quantitative estimate of drug-likeness (QED) is 0.610. The molecule has 0 atom stereocenters. The maximum Gasteiger partial charge on any atom is 0.269 e. The number of hydrogen-bond donors (Lipinski definition) is 2. The van der Waals surface area contributed by atoms with Crippen LogP contribution < -0.4 is 5.32 Å². The number of aromatic nitrogens is 1. The van der Waals surface area contributed by atoms with E-state index >= 15 is 0 Å². The molecule has 2 rings (SSSR count). The number of aromatic amines is 1. The van der Waals surface area contributed by atoms with Crippen LogP contribution in [0.15, 0.2) is 42.7 Å². The van der Waals surface area contributed by atoms with E-state index in [4.69, 9.17) is 0 Å². The van der Waals surface area contributed by atoms with E-state index in [1.807, 2.05) is 18.5 Å². The first-order valence-corrected chi connectivity index (χ1v) is 4.86. The molecule has 82 valence electrons. The van der Waals surface area contributed by atoms with Crippen LogP contribution in [0.1, 0.15) is 5.56 Å². The highest BCUT2D eigenvalue weighted by molar-refractivity contribution is 5.48. The van der Waals surface area contributed by atoms with Crippen molar-refractivity contribution in [2.24, 2.45) is 0 Å². The van der Waals surface area contributed by atoms with Gasteiger partial charge in [0.05, 0.1) is 4.92 Å². The van der Waals surface area contributed by atoms with Crippen LogP contribution in [0.4, 0.5) is 11.4 Å². The zero-order valence-electron chi connectivity index (χ0n) is 8.51. The number of anilines is 1. The van der Waals surface area contributed by atoms with Crippen LogP contribution in [0.3, 0.4) is 0 Å². The smallest absolute Gasteiger partial charge is 0.269 e. The highest BCUT2D eigenvalue weighted by Gasteiger charge is 2.03. The molecule has 16 heavy (non-hydrogen) atoms. The number of nitrogens with zero attached hydrogens (tertiary/aromatic N) is 1. The van der Waals surface area contributed by atoms with E-state index in [0.717, 1.165) is 11.3 Å². The predicted molar refractivity (Wildman–Crippen MR) is 61.2 cm³/mol. The minimum Gasteiger partial charge on any atom is -0.381 e. The van der Waals surface area contributed by atoms with Crippen LogP contribution in [0.25, 0.3) is 0 Å². The molecule has 0 saturated carbocycles. The molecular weight excluding hydrogens is 206 g/mol. The Morgan fingerprint density at radius 2 is 2.00 bits per heavy atom. The Morgan fingerprint density at radius 1 is 1.25 bits per heavy atom. The van der Waals surface area contributed by atoms with E-state index in [1.165, 1.54) is 12.1 Å². The van der Waals surface area contributed by atoms with Crippen molar-refractivity contribution < 1.29 is 4.92 Å². The van der Waals surface area contributed by atoms with Crippen molar-refractivity contribution in [1.82, 2.24) is 4.98 Å². The minimum absolute atomic E-state index is 0.104. The van der Waals surface area contributed by atoms with Gasteiger partial charge in [0.2, 0.25) is 0 Å². The van der Waals surface area contributed by atoms with Gasteiger partial charge in [-0.2, -0.15) is 0 Å². The van der Waals surface area contributed by atoms with Crippen LogP contribution in [0, 0.1) is 10.1 Å². The maximum absolute atomic E-state index is 10.4. The summed E-state index contributed by atoms with van der Waals surface area (Å²) in [6.07, 6.45) is 3.76. The lowest BCUT2D eigenvalue weighted by Gasteiger charge is -2.03. The molecule has 0 amide bonds. The van der Waals surface area contributed by atoms with Gasteiger partial charge in [-0.25, -0.2) is 0 Å². The first-order valence-electron chi connectivity index (χ1n) is 4.86. The summed E-state index contributed by atoms with van der Waals surface area (Å²) in [5, 5.41) is 13.6. The summed E-state index contributed by atoms with van der Waals surface area (Å²) in [4.78, 5) is 13.0. The molecular formula is C11H11N3O2. The van der Waals surface area contributed by atoms with Crippen molar-refractivity contribution >= 4 is 11.4 Å². The van der Waals surface area contributed by atoms with E-state index in [9.17, 15) is 10.1 Å². The topological polar surface area (TPSA) is 71.0 Å². The Bertz CT molecular complexity index is 462. The highest BCUT2D eigenvalue weighted by Crippen LogP contribution is 2.15. The third kappa shape index (κ3) is 2.38. The van der Waals surface area contributed by atoms with Crippen molar-refractivity contribution in [3.63, 3.8) is 0 Å². The van der Waals surface area contributed by atoms with Gasteiger partial charge in [-0.3, -0.25) is 10.1 Å². The van der Waals surface area contributed by atoms with E-state index in [1.54, 1.807) is 12.1 Å². The molecule has 1 aromatic carbocycles. The second-order valence-corrected chi connectivity index (χ2v) is 3.38. The van der Waals surface area contributed by atoms with E-state index in [-0.39, 0.29) is 5.69 Å². The van der Waals surface area contributed by atoms with E-state index in [0.29, 0.717) is 6.54 Å². The SMILES string of the molecule is O=[N+]([O-])c1ccc(NCc2cc[nH]c2)cc1. The third-order valence-corrected chi connectivity index (χ3v) is 2.24. The average Bonchev–Trinajstić information content (AvgIpc) is 2.80. The van der Waals surface area contributed by atoms with Crippen molar-refractivity contribution in [1.29, 1.82) is 0 Å². The second-order valence-electron chi connectivity index (χ2n) is 3.38. The number of nitro benzene ring substituents is 1. The lowest BCUT2D eigenvalue weighted by atomic mass is 10.2. The first kappa shape index (κ1) is 10.2. The molecule has 0 saturated heterocycles. The van der Waals surface area contributed by atoms with Crippen LogP contribution >= 0.6 is 0 Å². The van der Waals surface area contributed by atoms with Crippen LogP contribution in [-0.2, 0) is 6.54 Å². The van der Waals surface area contributed by atoms with Gasteiger partial charge in [-0.1, -0.05) is 0 Å². The Morgan fingerprint density at radius 3 is 2.56 bits per heavy atom. The number of benzene rings is 1. The molecule has 2 aromatic rings. The molecule has 0 fully saturated rings. The summed E-state index contributed by atoms with van der Waals surface area (Å²) in [6, 6.07) is 8.34.